The molecule has 0 aliphatic rings. The van der Waals surface area contributed by atoms with Gasteiger partial charge in [-0.2, -0.15) is 5.26 Å². The summed E-state index contributed by atoms with van der Waals surface area (Å²) >= 11 is 0. The average molecular weight is 250 g/mol. The smallest absolute Gasteiger partial charge is 0.258 e. The lowest BCUT2D eigenvalue weighted by Crippen LogP contribution is -2.33. The molecule has 1 rings (SSSR count). The Hall–Kier alpha value is -2.09. The van der Waals surface area contributed by atoms with E-state index in [9.17, 15) is 9.18 Å². The van der Waals surface area contributed by atoms with Gasteiger partial charge in [0, 0.05) is 6.54 Å². The van der Waals surface area contributed by atoms with Gasteiger partial charge in [-0.3, -0.25) is 4.79 Å². The molecule has 1 aromatic carbocycles. The van der Waals surface area contributed by atoms with Gasteiger partial charge in [-0.25, -0.2) is 4.39 Å². The Morgan fingerprint density at radius 3 is 2.78 bits per heavy atom. The zero-order valence-corrected chi connectivity index (χ0v) is 10.6. The number of nitrogens with one attached hydrogen (secondary N) is 1. The molecule has 0 saturated heterocycles. The van der Waals surface area contributed by atoms with Crippen LogP contribution in [0.4, 0.5) is 4.39 Å². The molecule has 0 fully saturated rings. The Labute approximate surface area is 105 Å². The fourth-order valence-electron chi connectivity index (χ4n) is 1.32. The molecule has 0 spiro atoms. The molecular formula is C13H15FN2O2. The van der Waals surface area contributed by atoms with Gasteiger partial charge >= 0.3 is 0 Å². The van der Waals surface area contributed by atoms with Crippen molar-refractivity contribution in [2.45, 2.75) is 13.8 Å². The fourth-order valence-corrected chi connectivity index (χ4v) is 1.32. The number of ether oxygens (including phenoxy) is 1. The van der Waals surface area contributed by atoms with E-state index in [2.05, 4.69) is 11.4 Å². The molecule has 0 aromatic heterocycles. The van der Waals surface area contributed by atoms with Crippen molar-refractivity contribution in [3.05, 3.63) is 29.6 Å². The number of benzene rings is 1. The van der Waals surface area contributed by atoms with Crippen molar-refractivity contribution in [2.24, 2.45) is 5.41 Å². The minimum atomic E-state index is -0.700. The van der Waals surface area contributed by atoms with Crippen molar-refractivity contribution in [1.82, 2.24) is 5.32 Å². The number of amides is 1. The Morgan fingerprint density at radius 1 is 1.56 bits per heavy atom. The largest absolute Gasteiger partial charge is 0.496 e. The SMILES string of the molecule is COc1cccc(F)c1C(=O)NCC(C)(C)C#N. The van der Waals surface area contributed by atoms with Crippen molar-refractivity contribution in [2.75, 3.05) is 13.7 Å². The standard InChI is InChI=1S/C13H15FN2O2/c1-13(2,7-15)8-16-12(17)11-9(14)5-4-6-10(11)18-3/h4-6H,8H2,1-3H3,(H,16,17). The minimum absolute atomic E-state index is 0.139. The van der Waals surface area contributed by atoms with Crippen LogP contribution in [0.1, 0.15) is 24.2 Å². The maximum atomic E-state index is 13.6. The second kappa shape index (κ2) is 5.50. The van der Waals surface area contributed by atoms with E-state index < -0.39 is 17.1 Å². The van der Waals surface area contributed by atoms with Crippen LogP contribution in [0, 0.1) is 22.6 Å². The van der Waals surface area contributed by atoms with Gasteiger partial charge in [0.1, 0.15) is 17.1 Å². The van der Waals surface area contributed by atoms with Crippen LogP contribution in [-0.2, 0) is 0 Å². The number of hydrogen-bond donors (Lipinski definition) is 1. The monoisotopic (exact) mass is 250 g/mol. The average Bonchev–Trinajstić information content (AvgIpc) is 2.35. The fraction of sp³-hybridized carbons (Fsp3) is 0.385. The minimum Gasteiger partial charge on any atom is -0.496 e. The molecule has 96 valence electrons. The van der Waals surface area contributed by atoms with Crippen molar-refractivity contribution in [3.63, 3.8) is 0 Å². The van der Waals surface area contributed by atoms with E-state index in [1.54, 1.807) is 13.8 Å². The number of methoxy groups -OCH3 is 1. The van der Waals surface area contributed by atoms with Crippen molar-refractivity contribution < 1.29 is 13.9 Å². The Kier molecular flexibility index (Phi) is 4.27. The molecule has 0 aliphatic heterocycles. The summed E-state index contributed by atoms with van der Waals surface area (Å²) < 4.78 is 18.5. The lowest BCUT2D eigenvalue weighted by molar-refractivity contribution is 0.0936. The molecule has 0 radical (unpaired) electrons. The molecule has 1 N–H and O–H groups in total. The van der Waals surface area contributed by atoms with Crippen LogP contribution in [-0.4, -0.2) is 19.6 Å². The highest BCUT2D eigenvalue weighted by molar-refractivity contribution is 5.97. The highest BCUT2D eigenvalue weighted by atomic mass is 19.1. The van der Waals surface area contributed by atoms with E-state index in [4.69, 9.17) is 10.00 Å². The zero-order valence-electron chi connectivity index (χ0n) is 10.6. The number of hydrogen-bond acceptors (Lipinski definition) is 3. The number of rotatable bonds is 4. The first-order valence-electron chi connectivity index (χ1n) is 5.43. The van der Waals surface area contributed by atoms with E-state index in [1.165, 1.54) is 25.3 Å². The highest BCUT2D eigenvalue weighted by Crippen LogP contribution is 2.21. The maximum Gasteiger partial charge on any atom is 0.258 e. The van der Waals surface area contributed by atoms with Crippen LogP contribution in [0.3, 0.4) is 0 Å². The van der Waals surface area contributed by atoms with Crippen molar-refractivity contribution in [1.29, 1.82) is 5.26 Å². The maximum absolute atomic E-state index is 13.6. The van der Waals surface area contributed by atoms with E-state index in [1.807, 2.05) is 0 Å². The summed E-state index contributed by atoms with van der Waals surface area (Å²) in [6.45, 7) is 3.51. The highest BCUT2D eigenvalue weighted by Gasteiger charge is 2.21. The van der Waals surface area contributed by atoms with E-state index in [-0.39, 0.29) is 17.9 Å². The number of carbonyl (C=O) groups excluding carboxylic acids is 1. The zero-order chi connectivity index (χ0) is 13.8. The molecule has 0 saturated carbocycles. The predicted octanol–water partition coefficient (Wildman–Crippen LogP) is 2.11. The van der Waals surface area contributed by atoms with E-state index in [0.717, 1.165) is 0 Å². The molecule has 0 unspecified atom stereocenters. The summed E-state index contributed by atoms with van der Waals surface area (Å²) in [5.41, 5.74) is -0.845. The third-order valence-electron chi connectivity index (χ3n) is 2.42. The first kappa shape index (κ1) is 14.0. The van der Waals surface area contributed by atoms with Crippen molar-refractivity contribution >= 4 is 5.91 Å². The van der Waals surface area contributed by atoms with Crippen LogP contribution in [0.15, 0.2) is 18.2 Å². The summed E-state index contributed by atoms with van der Waals surface area (Å²) in [5, 5.41) is 11.4. The Bertz CT molecular complexity index is 492. The van der Waals surface area contributed by atoms with Gasteiger partial charge in [0.15, 0.2) is 0 Å². The molecule has 0 bridgehead atoms. The molecule has 5 heteroatoms. The number of halogens is 1. The number of carbonyl (C=O) groups is 1. The predicted molar refractivity (Wildman–Crippen MR) is 64.7 cm³/mol. The molecule has 1 aromatic rings. The van der Waals surface area contributed by atoms with Gasteiger partial charge in [0.25, 0.3) is 5.91 Å². The molecular weight excluding hydrogens is 235 g/mol. The third kappa shape index (κ3) is 3.20. The summed E-state index contributed by atoms with van der Waals surface area (Å²) in [6, 6.07) is 6.21. The number of nitriles is 1. The van der Waals surface area contributed by atoms with Crippen LogP contribution in [0.25, 0.3) is 0 Å². The summed E-state index contributed by atoms with van der Waals surface area (Å²) in [7, 11) is 1.37. The summed E-state index contributed by atoms with van der Waals surface area (Å²) in [4.78, 5) is 11.9. The van der Waals surface area contributed by atoms with Crippen molar-refractivity contribution in [3.8, 4) is 11.8 Å². The molecule has 0 atom stereocenters. The first-order valence-corrected chi connectivity index (χ1v) is 5.43. The molecule has 1 amide bonds. The third-order valence-corrected chi connectivity index (χ3v) is 2.42. The van der Waals surface area contributed by atoms with Crippen LogP contribution in [0.5, 0.6) is 5.75 Å². The lowest BCUT2D eigenvalue weighted by atomic mass is 9.96. The first-order chi connectivity index (χ1) is 8.41. The van der Waals surface area contributed by atoms with Gasteiger partial charge in [-0.15, -0.1) is 0 Å². The van der Waals surface area contributed by atoms with E-state index >= 15 is 0 Å². The lowest BCUT2D eigenvalue weighted by Gasteiger charge is -2.16. The second-order valence-electron chi connectivity index (χ2n) is 4.50. The molecule has 0 heterocycles. The van der Waals surface area contributed by atoms with Gasteiger partial charge < -0.3 is 10.1 Å². The second-order valence-corrected chi connectivity index (χ2v) is 4.50. The summed E-state index contributed by atoms with van der Waals surface area (Å²) in [5.74, 6) is -1.07. The quantitative estimate of drug-likeness (QED) is 0.890. The Balaban J connectivity index is 2.89. The number of nitrogens with zero attached hydrogens (tertiary/aromatic N) is 1. The molecule has 4 nitrogen and oxygen atoms in total. The van der Waals surface area contributed by atoms with Gasteiger partial charge in [-0.1, -0.05) is 6.07 Å². The summed E-state index contributed by atoms with van der Waals surface area (Å²) in [6.07, 6.45) is 0. The van der Waals surface area contributed by atoms with Crippen LogP contribution in [0.2, 0.25) is 0 Å². The topological polar surface area (TPSA) is 62.1 Å². The van der Waals surface area contributed by atoms with Gasteiger partial charge in [-0.05, 0) is 26.0 Å². The van der Waals surface area contributed by atoms with Crippen LogP contribution < -0.4 is 10.1 Å². The molecule has 18 heavy (non-hydrogen) atoms. The normalized spacial score (nSPS) is 10.6. The van der Waals surface area contributed by atoms with Gasteiger partial charge in [0.2, 0.25) is 0 Å². The Morgan fingerprint density at radius 2 is 2.22 bits per heavy atom. The van der Waals surface area contributed by atoms with E-state index in [0.29, 0.717) is 0 Å². The van der Waals surface area contributed by atoms with Gasteiger partial charge in [0.05, 0.1) is 18.6 Å². The van der Waals surface area contributed by atoms with Crippen LogP contribution >= 0.6 is 0 Å². The molecule has 0 aliphatic carbocycles.